The SMILES string of the molecule is O=CC1=C(c2ccccc2)C(C2CCCC(O)C2)CCC1. The van der Waals surface area contributed by atoms with Gasteiger partial charge in [-0.2, -0.15) is 0 Å². The Bertz CT molecular complexity index is 518. The number of aldehydes is 1. The normalized spacial score (nSPS) is 30.2. The molecule has 0 bridgehead atoms. The van der Waals surface area contributed by atoms with Gasteiger partial charge in [0, 0.05) is 0 Å². The summed E-state index contributed by atoms with van der Waals surface area (Å²) in [6.07, 6.45) is 8.20. The van der Waals surface area contributed by atoms with Gasteiger partial charge in [0.1, 0.15) is 6.29 Å². The zero-order valence-electron chi connectivity index (χ0n) is 12.5. The van der Waals surface area contributed by atoms with E-state index in [1.54, 1.807) is 0 Å². The molecule has 2 nitrogen and oxygen atoms in total. The lowest BCUT2D eigenvalue weighted by molar-refractivity contribution is -0.105. The second kappa shape index (κ2) is 6.57. The summed E-state index contributed by atoms with van der Waals surface area (Å²) < 4.78 is 0. The van der Waals surface area contributed by atoms with E-state index in [1.165, 1.54) is 17.6 Å². The summed E-state index contributed by atoms with van der Waals surface area (Å²) in [5, 5.41) is 10.0. The van der Waals surface area contributed by atoms with Crippen LogP contribution < -0.4 is 0 Å². The predicted molar refractivity (Wildman–Crippen MR) is 84.7 cm³/mol. The van der Waals surface area contributed by atoms with Crippen molar-refractivity contribution in [1.29, 1.82) is 0 Å². The number of carbonyl (C=O) groups is 1. The van der Waals surface area contributed by atoms with Gasteiger partial charge in [-0.1, -0.05) is 36.8 Å². The lowest BCUT2D eigenvalue weighted by Crippen LogP contribution is -2.28. The van der Waals surface area contributed by atoms with E-state index in [9.17, 15) is 9.90 Å². The van der Waals surface area contributed by atoms with E-state index < -0.39 is 0 Å². The molecule has 0 radical (unpaired) electrons. The number of hydrogen-bond acceptors (Lipinski definition) is 2. The van der Waals surface area contributed by atoms with Crippen molar-refractivity contribution in [2.24, 2.45) is 11.8 Å². The molecule has 3 unspecified atom stereocenters. The number of allylic oxidation sites excluding steroid dienone is 2. The molecular weight excluding hydrogens is 260 g/mol. The van der Waals surface area contributed by atoms with Crippen molar-refractivity contribution >= 4 is 11.9 Å². The molecule has 2 aliphatic rings. The van der Waals surface area contributed by atoms with Crippen molar-refractivity contribution in [1.82, 2.24) is 0 Å². The Morgan fingerprint density at radius 3 is 2.57 bits per heavy atom. The molecule has 1 aromatic rings. The first-order chi connectivity index (χ1) is 10.3. The smallest absolute Gasteiger partial charge is 0.146 e. The molecule has 1 saturated carbocycles. The van der Waals surface area contributed by atoms with Crippen LogP contribution in [0.5, 0.6) is 0 Å². The van der Waals surface area contributed by atoms with Crippen molar-refractivity contribution in [3.8, 4) is 0 Å². The molecule has 3 atom stereocenters. The van der Waals surface area contributed by atoms with Gasteiger partial charge in [-0.15, -0.1) is 0 Å². The van der Waals surface area contributed by atoms with Crippen LogP contribution in [0.1, 0.15) is 50.5 Å². The van der Waals surface area contributed by atoms with Crippen LogP contribution in [-0.4, -0.2) is 17.5 Å². The number of aliphatic hydroxyl groups excluding tert-OH is 1. The van der Waals surface area contributed by atoms with E-state index in [4.69, 9.17) is 0 Å². The van der Waals surface area contributed by atoms with Crippen LogP contribution in [0, 0.1) is 11.8 Å². The average Bonchev–Trinajstić information content (AvgIpc) is 2.55. The highest BCUT2D eigenvalue weighted by Gasteiger charge is 2.33. The summed E-state index contributed by atoms with van der Waals surface area (Å²) in [5.41, 5.74) is 3.44. The van der Waals surface area contributed by atoms with E-state index in [0.717, 1.165) is 50.4 Å². The molecule has 0 aliphatic heterocycles. The number of carbonyl (C=O) groups excluding carboxylic acids is 1. The monoisotopic (exact) mass is 284 g/mol. The van der Waals surface area contributed by atoms with E-state index >= 15 is 0 Å². The summed E-state index contributed by atoms with van der Waals surface area (Å²) in [4.78, 5) is 11.5. The minimum atomic E-state index is -0.151. The molecule has 21 heavy (non-hydrogen) atoms. The summed E-state index contributed by atoms with van der Waals surface area (Å²) >= 11 is 0. The fraction of sp³-hybridized carbons (Fsp3) is 0.526. The van der Waals surface area contributed by atoms with E-state index in [-0.39, 0.29) is 6.10 Å². The highest BCUT2D eigenvalue weighted by Crippen LogP contribution is 2.45. The summed E-state index contributed by atoms with van der Waals surface area (Å²) in [6, 6.07) is 10.4. The van der Waals surface area contributed by atoms with E-state index in [0.29, 0.717) is 11.8 Å². The van der Waals surface area contributed by atoms with Crippen LogP contribution in [0.3, 0.4) is 0 Å². The quantitative estimate of drug-likeness (QED) is 0.852. The van der Waals surface area contributed by atoms with Gasteiger partial charge in [0.05, 0.1) is 6.10 Å². The number of rotatable bonds is 3. The van der Waals surface area contributed by atoms with Crippen molar-refractivity contribution in [2.75, 3.05) is 0 Å². The van der Waals surface area contributed by atoms with Crippen LogP contribution in [0.15, 0.2) is 35.9 Å². The Hall–Kier alpha value is -1.41. The third kappa shape index (κ3) is 3.11. The summed E-state index contributed by atoms with van der Waals surface area (Å²) in [7, 11) is 0. The molecule has 0 aromatic heterocycles. The van der Waals surface area contributed by atoms with Gasteiger partial charge in [-0.25, -0.2) is 0 Å². The number of aliphatic hydroxyl groups is 1. The van der Waals surface area contributed by atoms with Gasteiger partial charge in [0.15, 0.2) is 0 Å². The van der Waals surface area contributed by atoms with Crippen molar-refractivity contribution in [2.45, 2.75) is 51.0 Å². The minimum absolute atomic E-state index is 0.151. The molecular formula is C19H24O2. The lowest BCUT2D eigenvalue weighted by atomic mass is 9.68. The van der Waals surface area contributed by atoms with Gasteiger partial charge in [-0.05, 0) is 67.1 Å². The molecule has 1 aromatic carbocycles. The van der Waals surface area contributed by atoms with Gasteiger partial charge >= 0.3 is 0 Å². The molecule has 2 aliphatic carbocycles. The van der Waals surface area contributed by atoms with Gasteiger partial charge in [-0.3, -0.25) is 4.79 Å². The molecule has 2 heteroatoms. The fourth-order valence-electron chi connectivity index (χ4n) is 4.21. The molecule has 1 fully saturated rings. The topological polar surface area (TPSA) is 37.3 Å². The number of benzene rings is 1. The third-order valence-electron chi connectivity index (χ3n) is 5.16. The number of hydrogen-bond donors (Lipinski definition) is 1. The van der Waals surface area contributed by atoms with E-state index in [1.807, 2.05) is 18.2 Å². The largest absolute Gasteiger partial charge is 0.393 e. The zero-order valence-corrected chi connectivity index (χ0v) is 12.5. The summed E-state index contributed by atoms with van der Waals surface area (Å²) in [6.45, 7) is 0. The van der Waals surface area contributed by atoms with Crippen molar-refractivity contribution in [3.63, 3.8) is 0 Å². The Morgan fingerprint density at radius 1 is 1.05 bits per heavy atom. The molecule has 1 N–H and O–H groups in total. The Balaban J connectivity index is 1.96. The lowest BCUT2D eigenvalue weighted by Gasteiger charge is -2.37. The minimum Gasteiger partial charge on any atom is -0.393 e. The molecule has 0 heterocycles. The van der Waals surface area contributed by atoms with Crippen molar-refractivity contribution < 1.29 is 9.90 Å². The van der Waals surface area contributed by atoms with Crippen LogP contribution in [0.2, 0.25) is 0 Å². The van der Waals surface area contributed by atoms with Crippen molar-refractivity contribution in [3.05, 3.63) is 41.5 Å². The Kier molecular flexibility index (Phi) is 4.54. The highest BCUT2D eigenvalue weighted by molar-refractivity contribution is 5.89. The second-order valence-corrected chi connectivity index (χ2v) is 6.50. The first kappa shape index (κ1) is 14.5. The Labute approximate surface area is 126 Å². The maximum atomic E-state index is 11.5. The predicted octanol–water partition coefficient (Wildman–Crippen LogP) is 3.99. The molecule has 0 saturated heterocycles. The standard InChI is InChI=1S/C19H24O2/c20-13-16-9-5-11-18(15-8-4-10-17(21)12-15)19(16)14-6-2-1-3-7-14/h1-3,6-7,13,15,17-18,21H,4-5,8-12H2. The highest BCUT2D eigenvalue weighted by atomic mass is 16.3. The fourth-order valence-corrected chi connectivity index (χ4v) is 4.21. The average molecular weight is 284 g/mol. The first-order valence-corrected chi connectivity index (χ1v) is 8.21. The molecule has 0 spiro atoms. The van der Waals surface area contributed by atoms with Gasteiger partial charge in [0.25, 0.3) is 0 Å². The van der Waals surface area contributed by atoms with Crippen LogP contribution in [-0.2, 0) is 4.79 Å². The molecule has 3 rings (SSSR count). The van der Waals surface area contributed by atoms with Crippen LogP contribution >= 0.6 is 0 Å². The van der Waals surface area contributed by atoms with E-state index in [2.05, 4.69) is 12.1 Å². The maximum absolute atomic E-state index is 11.5. The van der Waals surface area contributed by atoms with Crippen LogP contribution in [0.25, 0.3) is 5.57 Å². The van der Waals surface area contributed by atoms with Gasteiger partial charge in [0.2, 0.25) is 0 Å². The first-order valence-electron chi connectivity index (χ1n) is 8.21. The zero-order chi connectivity index (χ0) is 14.7. The molecule has 112 valence electrons. The van der Waals surface area contributed by atoms with Gasteiger partial charge < -0.3 is 5.11 Å². The third-order valence-corrected chi connectivity index (χ3v) is 5.16. The summed E-state index contributed by atoms with van der Waals surface area (Å²) in [5.74, 6) is 0.968. The second-order valence-electron chi connectivity index (χ2n) is 6.50. The maximum Gasteiger partial charge on any atom is 0.146 e. The van der Waals surface area contributed by atoms with Crippen LogP contribution in [0.4, 0.5) is 0 Å². The Morgan fingerprint density at radius 2 is 1.86 bits per heavy atom. The molecule has 0 amide bonds.